The molecule has 8 heteroatoms. The molecule has 3 atom stereocenters. The summed E-state index contributed by atoms with van der Waals surface area (Å²) in [7, 11) is -1.72. The highest BCUT2D eigenvalue weighted by molar-refractivity contribution is 7.90. The fraction of sp³-hybridized carbons (Fsp3) is 0.500. The van der Waals surface area contributed by atoms with Gasteiger partial charge in [0.2, 0.25) is 0 Å². The summed E-state index contributed by atoms with van der Waals surface area (Å²) in [5.74, 6) is 0.130. The minimum absolute atomic E-state index is 0.130. The minimum Gasteiger partial charge on any atom is -0.508 e. The van der Waals surface area contributed by atoms with Crippen LogP contribution in [0.15, 0.2) is 34.0 Å². The van der Waals surface area contributed by atoms with Crippen LogP contribution in [0.3, 0.4) is 0 Å². The van der Waals surface area contributed by atoms with E-state index in [0.29, 0.717) is 24.1 Å². The Morgan fingerprint density at radius 1 is 1.23 bits per heavy atom. The molecule has 1 aliphatic carbocycles. The zero-order valence-electron chi connectivity index (χ0n) is 17.7. The Hall–Kier alpha value is -2.16. The van der Waals surface area contributed by atoms with Crippen molar-refractivity contribution in [1.82, 2.24) is 9.88 Å². The number of likely N-dealkylation sites (N-methyl/N-ethyl adjacent to an activating group) is 1. The van der Waals surface area contributed by atoms with E-state index in [9.17, 15) is 23.4 Å². The number of hydrogen-bond donors (Lipinski definition) is 3. The number of aromatic amines is 1. The van der Waals surface area contributed by atoms with Gasteiger partial charge < -0.3 is 20.1 Å². The summed E-state index contributed by atoms with van der Waals surface area (Å²) in [5, 5.41) is 22.4. The molecule has 7 nitrogen and oxygen atoms in total. The number of hydrogen-bond acceptors (Lipinski definition) is 6. The number of likely N-dealkylation sites (tertiary alicyclic amines) is 1. The minimum atomic E-state index is -3.69. The van der Waals surface area contributed by atoms with Gasteiger partial charge in [0.15, 0.2) is 9.84 Å². The number of pyridine rings is 1. The third-order valence-corrected chi connectivity index (χ3v) is 8.43. The van der Waals surface area contributed by atoms with E-state index in [1.54, 1.807) is 12.1 Å². The molecule has 162 valence electrons. The van der Waals surface area contributed by atoms with Gasteiger partial charge in [-0.1, -0.05) is 6.07 Å². The molecule has 0 radical (unpaired) electrons. The topological polar surface area (TPSA) is 111 Å². The molecule has 1 fully saturated rings. The lowest BCUT2D eigenvalue weighted by Crippen LogP contribution is -2.70. The Morgan fingerprint density at radius 3 is 2.60 bits per heavy atom. The van der Waals surface area contributed by atoms with Crippen LogP contribution < -0.4 is 5.56 Å². The van der Waals surface area contributed by atoms with Gasteiger partial charge in [0, 0.05) is 36.2 Å². The third kappa shape index (κ3) is 2.92. The van der Waals surface area contributed by atoms with Gasteiger partial charge >= 0.3 is 0 Å². The average molecular weight is 433 g/mol. The number of phenols is 1. The van der Waals surface area contributed by atoms with Gasteiger partial charge in [0.25, 0.3) is 5.56 Å². The molecule has 0 saturated carbocycles. The number of aromatic nitrogens is 1. The third-order valence-electron chi connectivity index (χ3n) is 7.33. The van der Waals surface area contributed by atoms with E-state index in [1.165, 1.54) is 6.07 Å². The van der Waals surface area contributed by atoms with Gasteiger partial charge in [-0.2, -0.15) is 0 Å². The number of aryl methyl sites for hydroxylation is 1. The van der Waals surface area contributed by atoms with E-state index in [-0.39, 0.29) is 23.1 Å². The number of H-pyrrole nitrogens is 1. The normalized spacial score (nSPS) is 29.3. The van der Waals surface area contributed by atoms with Crippen molar-refractivity contribution >= 4 is 9.84 Å². The second-order valence-electron chi connectivity index (χ2n) is 9.00. The summed E-state index contributed by atoms with van der Waals surface area (Å²) in [5.41, 5.74) is 0.559. The Balaban J connectivity index is 2.00. The van der Waals surface area contributed by atoms with Gasteiger partial charge in [0.1, 0.15) is 10.6 Å². The lowest BCUT2D eigenvalue weighted by molar-refractivity contribution is -0.133. The van der Waals surface area contributed by atoms with Crippen LogP contribution in [0.5, 0.6) is 5.75 Å². The van der Waals surface area contributed by atoms with Crippen LogP contribution >= 0.6 is 0 Å². The van der Waals surface area contributed by atoms with Crippen molar-refractivity contribution < 1.29 is 18.6 Å². The molecule has 0 amide bonds. The van der Waals surface area contributed by atoms with Crippen LogP contribution in [0.25, 0.3) is 0 Å². The zero-order valence-corrected chi connectivity index (χ0v) is 18.5. The summed E-state index contributed by atoms with van der Waals surface area (Å²) in [6.45, 7) is 4.68. The molecule has 1 aromatic heterocycles. The van der Waals surface area contributed by atoms with Gasteiger partial charge in [-0.25, -0.2) is 8.42 Å². The second-order valence-corrected chi connectivity index (χ2v) is 11.0. The number of nitrogens with one attached hydrogen (secondary N) is 1. The predicted octanol–water partition coefficient (Wildman–Crippen LogP) is 1.28. The van der Waals surface area contributed by atoms with Crippen LogP contribution in [0, 0.1) is 6.92 Å². The predicted molar refractivity (Wildman–Crippen MR) is 114 cm³/mol. The molecule has 1 saturated heterocycles. The van der Waals surface area contributed by atoms with E-state index < -0.39 is 26.4 Å². The smallest absolute Gasteiger partial charge is 0.266 e. The molecule has 2 aromatic rings. The average Bonchev–Trinajstić information content (AvgIpc) is 2.65. The lowest BCUT2D eigenvalue weighted by atomic mass is 9.53. The molecule has 1 aromatic carbocycles. The fourth-order valence-electron chi connectivity index (χ4n) is 5.46. The Kier molecular flexibility index (Phi) is 4.69. The van der Waals surface area contributed by atoms with Crippen LogP contribution in [0.1, 0.15) is 35.7 Å². The molecule has 0 unspecified atom stereocenters. The number of aromatic hydroxyl groups is 1. The zero-order chi connectivity index (χ0) is 22.1. The van der Waals surface area contributed by atoms with E-state index >= 15 is 0 Å². The first-order chi connectivity index (χ1) is 13.9. The van der Waals surface area contributed by atoms with E-state index in [1.807, 2.05) is 27.0 Å². The highest BCUT2D eigenvalue weighted by Crippen LogP contribution is 2.53. The number of fused-ring (bicyclic) bond motifs is 2. The highest BCUT2D eigenvalue weighted by atomic mass is 32.2. The number of benzene rings is 1. The van der Waals surface area contributed by atoms with Crippen molar-refractivity contribution in [3.8, 4) is 5.75 Å². The van der Waals surface area contributed by atoms with Crippen LogP contribution in [0.2, 0.25) is 0 Å². The Labute approximate surface area is 176 Å². The molecule has 0 bridgehead atoms. The lowest BCUT2D eigenvalue weighted by Gasteiger charge is -2.59. The largest absolute Gasteiger partial charge is 0.508 e. The first-order valence-corrected chi connectivity index (χ1v) is 12.0. The van der Waals surface area contributed by atoms with Crippen molar-refractivity contribution in [3.63, 3.8) is 0 Å². The quantitative estimate of drug-likeness (QED) is 0.659. The molecule has 4 rings (SSSR count). The Bertz CT molecular complexity index is 1190. The number of aliphatic hydroxyl groups is 1. The van der Waals surface area contributed by atoms with Gasteiger partial charge in [-0.3, -0.25) is 4.79 Å². The number of rotatable bonds is 2. The monoisotopic (exact) mass is 432 g/mol. The number of sulfone groups is 1. The van der Waals surface area contributed by atoms with Crippen molar-refractivity contribution in [2.75, 3.05) is 19.8 Å². The standard InChI is InChI=1S/C22H28N2O5S/c1-13-5-6-16(25)10-17(13)21-7-8-24(3)14(2)22(21,27)11-15-9-19(30(4,28)29)20(26)23-18(15)12-21/h5-6,9-10,14,25,27H,7-8,11-12H2,1-4H3,(H,23,26)/t14-,21-,22-/m1/s1. The van der Waals surface area contributed by atoms with E-state index in [2.05, 4.69) is 9.88 Å². The molecule has 0 spiro atoms. The first-order valence-electron chi connectivity index (χ1n) is 10.1. The molecule has 3 N–H and O–H groups in total. The number of nitrogens with zero attached hydrogens (tertiary/aromatic N) is 1. The summed E-state index contributed by atoms with van der Waals surface area (Å²) >= 11 is 0. The maximum atomic E-state index is 12.5. The summed E-state index contributed by atoms with van der Waals surface area (Å²) in [6.07, 6.45) is 2.23. The van der Waals surface area contributed by atoms with E-state index in [0.717, 1.165) is 23.9 Å². The van der Waals surface area contributed by atoms with Crippen LogP contribution in [0.4, 0.5) is 0 Å². The molecule has 2 aliphatic rings. The maximum absolute atomic E-state index is 12.5. The van der Waals surface area contributed by atoms with Crippen LogP contribution in [-0.4, -0.2) is 60.0 Å². The van der Waals surface area contributed by atoms with Crippen molar-refractivity contribution in [3.05, 3.63) is 57.0 Å². The fourth-order valence-corrected chi connectivity index (χ4v) is 6.21. The molecule has 2 heterocycles. The van der Waals surface area contributed by atoms with Crippen molar-refractivity contribution in [2.45, 2.75) is 55.1 Å². The summed E-state index contributed by atoms with van der Waals surface area (Å²) in [6, 6.07) is 6.39. The van der Waals surface area contributed by atoms with Crippen LogP contribution in [-0.2, 0) is 28.1 Å². The second kappa shape index (κ2) is 6.67. The molecule has 1 aliphatic heterocycles. The van der Waals surface area contributed by atoms with Crippen molar-refractivity contribution in [2.24, 2.45) is 0 Å². The SMILES string of the molecule is Cc1ccc(O)cc1[C@]12CCN(C)[C@H](C)[C@]1(O)Cc1cc(S(C)(=O)=O)c(=O)[nH]c1C2. The molecular formula is C22H28N2O5S. The van der Waals surface area contributed by atoms with Gasteiger partial charge in [-0.15, -0.1) is 0 Å². The summed E-state index contributed by atoms with van der Waals surface area (Å²) in [4.78, 5) is 17.1. The highest BCUT2D eigenvalue weighted by Gasteiger charge is 2.60. The van der Waals surface area contributed by atoms with Gasteiger partial charge in [-0.05, 0) is 68.8 Å². The molecule has 30 heavy (non-hydrogen) atoms. The number of phenolic OH excluding ortho intramolecular Hbond substituents is 1. The summed E-state index contributed by atoms with van der Waals surface area (Å²) < 4.78 is 24.1. The Morgan fingerprint density at radius 2 is 1.93 bits per heavy atom. The maximum Gasteiger partial charge on any atom is 0.266 e. The first kappa shape index (κ1) is 21.1. The van der Waals surface area contributed by atoms with Crippen molar-refractivity contribution in [1.29, 1.82) is 0 Å². The van der Waals surface area contributed by atoms with Gasteiger partial charge in [0.05, 0.1) is 5.60 Å². The van der Waals surface area contributed by atoms with E-state index in [4.69, 9.17) is 0 Å². The molecular weight excluding hydrogens is 404 g/mol. The number of piperidine rings is 1.